The van der Waals surface area contributed by atoms with E-state index in [-0.39, 0.29) is 0 Å². The molecular weight excluding hydrogens is 220 g/mol. The van der Waals surface area contributed by atoms with Gasteiger partial charge in [-0.05, 0) is 83.2 Å². The van der Waals surface area contributed by atoms with Crippen molar-refractivity contribution < 1.29 is 8.22 Å². The topological polar surface area (TPSA) is 6.48 Å². The molecule has 0 bridgehead atoms. The van der Waals surface area contributed by atoms with Crippen molar-refractivity contribution in [1.82, 2.24) is 9.80 Å². The standard InChI is InChI=1S/C16H36N2/c1-13(2,3)17(11)15(7,8)16(9,10)18(12)14(4,5)6/h1-12H3/i11D3,12D3. The first-order chi connectivity index (χ1) is 9.98. The van der Waals surface area contributed by atoms with Crippen molar-refractivity contribution >= 4 is 0 Å². The minimum atomic E-state index is -2.35. The molecule has 0 aromatic heterocycles. The Morgan fingerprint density at radius 1 is 0.556 bits per heavy atom. The lowest BCUT2D eigenvalue weighted by Crippen LogP contribution is -2.69. The van der Waals surface area contributed by atoms with Crippen LogP contribution < -0.4 is 0 Å². The van der Waals surface area contributed by atoms with Gasteiger partial charge in [0, 0.05) is 30.4 Å². The molecule has 0 aromatic carbocycles. The summed E-state index contributed by atoms with van der Waals surface area (Å²) < 4.78 is 48.2. The van der Waals surface area contributed by atoms with Crippen LogP contribution in [0.15, 0.2) is 0 Å². The molecule has 0 saturated heterocycles. The van der Waals surface area contributed by atoms with Gasteiger partial charge in [0.15, 0.2) is 0 Å². The van der Waals surface area contributed by atoms with E-state index in [2.05, 4.69) is 0 Å². The Morgan fingerprint density at radius 3 is 0.889 bits per heavy atom. The summed E-state index contributed by atoms with van der Waals surface area (Å²) in [7, 11) is 0. The molecule has 0 saturated carbocycles. The van der Waals surface area contributed by atoms with E-state index in [1.54, 1.807) is 0 Å². The Hall–Kier alpha value is -0.0800. The largest absolute Gasteiger partial charge is 0.295 e. The Kier molecular flexibility index (Phi) is 2.60. The molecule has 0 aromatic rings. The highest BCUT2D eigenvalue weighted by Crippen LogP contribution is 2.38. The number of hydrogen-bond acceptors (Lipinski definition) is 2. The highest BCUT2D eigenvalue weighted by Gasteiger charge is 2.48. The van der Waals surface area contributed by atoms with Gasteiger partial charge in [-0.25, -0.2) is 0 Å². The number of likely N-dealkylation sites (N-methyl/N-ethyl adjacent to an activating group) is 2. The molecule has 18 heavy (non-hydrogen) atoms. The minimum absolute atomic E-state index is 0.662. The zero-order valence-electron chi connectivity index (χ0n) is 19.9. The van der Waals surface area contributed by atoms with Crippen LogP contribution in [0.3, 0.4) is 0 Å². The smallest absolute Gasteiger partial charge is 0.0394 e. The summed E-state index contributed by atoms with van der Waals surface area (Å²) in [6, 6.07) is 0. The number of rotatable bonds is 3. The van der Waals surface area contributed by atoms with Crippen molar-refractivity contribution in [3.05, 3.63) is 0 Å². The maximum Gasteiger partial charge on any atom is 0.0394 e. The molecule has 0 N–H and O–H groups in total. The third-order valence-electron chi connectivity index (χ3n) is 3.96. The SMILES string of the molecule is [2H]C([2H])([2H])N(C(C)(C)C)C(C)(C)C(C)(C)N(C([2H])([2H])[2H])C(C)(C)C. The van der Waals surface area contributed by atoms with Gasteiger partial charge < -0.3 is 0 Å². The van der Waals surface area contributed by atoms with Gasteiger partial charge in [-0.15, -0.1) is 0 Å². The minimum Gasteiger partial charge on any atom is -0.295 e. The fourth-order valence-corrected chi connectivity index (χ4v) is 2.22. The van der Waals surface area contributed by atoms with Crippen LogP contribution in [-0.4, -0.2) is 45.9 Å². The Labute approximate surface area is 124 Å². The van der Waals surface area contributed by atoms with Crippen LogP contribution in [0.5, 0.6) is 0 Å². The first-order valence-electron chi connectivity index (χ1n) is 9.59. The lowest BCUT2D eigenvalue weighted by molar-refractivity contribution is -0.0802. The van der Waals surface area contributed by atoms with Crippen molar-refractivity contribution in [1.29, 1.82) is 0 Å². The van der Waals surface area contributed by atoms with Crippen molar-refractivity contribution in [3.8, 4) is 0 Å². The second-order valence-electron chi connectivity index (χ2n) is 8.13. The fourth-order valence-electron chi connectivity index (χ4n) is 2.22. The van der Waals surface area contributed by atoms with Gasteiger partial charge in [0.05, 0.1) is 0 Å². The highest BCUT2D eigenvalue weighted by molar-refractivity contribution is 5.06. The monoisotopic (exact) mass is 262 g/mol. The summed E-state index contributed by atoms with van der Waals surface area (Å²) >= 11 is 0. The number of hydrogen-bond donors (Lipinski definition) is 0. The molecule has 0 rings (SSSR count). The van der Waals surface area contributed by atoms with Crippen LogP contribution in [0, 0.1) is 0 Å². The van der Waals surface area contributed by atoms with Gasteiger partial charge in [0.1, 0.15) is 0 Å². The third-order valence-corrected chi connectivity index (χ3v) is 3.96. The molecule has 0 atom stereocenters. The quantitative estimate of drug-likeness (QED) is 0.758. The average molecular weight is 263 g/mol. The Bertz CT molecular complexity index is 365. The zero-order chi connectivity index (χ0) is 20.2. The summed E-state index contributed by atoms with van der Waals surface area (Å²) in [6.07, 6.45) is 0. The summed E-state index contributed by atoms with van der Waals surface area (Å²) in [5, 5.41) is 0. The summed E-state index contributed by atoms with van der Waals surface area (Å²) in [4.78, 5) is 2.91. The van der Waals surface area contributed by atoms with Gasteiger partial charge in [-0.2, -0.15) is 0 Å². The van der Waals surface area contributed by atoms with Gasteiger partial charge in [-0.1, -0.05) is 0 Å². The first kappa shape index (κ1) is 9.77. The maximum absolute atomic E-state index is 8.03. The van der Waals surface area contributed by atoms with Gasteiger partial charge in [-0.3, -0.25) is 9.80 Å². The molecule has 0 unspecified atom stereocenters. The van der Waals surface area contributed by atoms with E-state index in [0.29, 0.717) is 0 Å². The Balaban J connectivity index is 6.50. The van der Waals surface area contributed by atoms with Crippen molar-refractivity contribution in [3.63, 3.8) is 0 Å². The molecule has 0 aliphatic carbocycles. The normalized spacial score (nSPS) is 22.0. The molecule has 0 aliphatic rings. The molecule has 0 spiro atoms. The Morgan fingerprint density at radius 2 is 0.778 bits per heavy atom. The van der Waals surface area contributed by atoms with Gasteiger partial charge in [0.25, 0.3) is 0 Å². The lowest BCUT2D eigenvalue weighted by Gasteiger charge is -2.59. The van der Waals surface area contributed by atoms with Crippen molar-refractivity contribution in [2.45, 2.75) is 91.4 Å². The third kappa shape index (κ3) is 3.27. The second-order valence-corrected chi connectivity index (χ2v) is 8.13. The van der Waals surface area contributed by atoms with Crippen LogP contribution in [0.25, 0.3) is 0 Å². The van der Waals surface area contributed by atoms with E-state index in [1.165, 1.54) is 9.80 Å². The molecule has 2 heteroatoms. The first-order valence-corrected chi connectivity index (χ1v) is 6.59. The van der Waals surface area contributed by atoms with Crippen LogP contribution in [0.2, 0.25) is 0 Å². The fraction of sp³-hybridized carbons (Fsp3) is 1.00. The molecule has 110 valence electrons. The maximum atomic E-state index is 8.03. The van der Waals surface area contributed by atoms with E-state index in [9.17, 15) is 0 Å². The van der Waals surface area contributed by atoms with Gasteiger partial charge in [0.2, 0.25) is 0 Å². The molecule has 0 aliphatic heterocycles. The van der Waals surface area contributed by atoms with E-state index in [1.807, 2.05) is 69.2 Å². The van der Waals surface area contributed by atoms with E-state index in [4.69, 9.17) is 8.22 Å². The number of nitrogens with zero attached hydrogens (tertiary/aromatic N) is 2. The van der Waals surface area contributed by atoms with Crippen molar-refractivity contribution in [2.75, 3.05) is 14.0 Å². The summed E-state index contributed by atoms with van der Waals surface area (Å²) in [6.45, 7) is 13.6. The zero-order valence-corrected chi connectivity index (χ0v) is 13.9. The molecule has 0 amide bonds. The van der Waals surface area contributed by atoms with E-state index in [0.717, 1.165) is 0 Å². The van der Waals surface area contributed by atoms with E-state index < -0.39 is 36.1 Å². The highest BCUT2D eigenvalue weighted by atomic mass is 15.3. The second kappa shape index (κ2) is 4.79. The predicted octanol–water partition coefficient (Wildman–Crippen LogP) is 4.00. The van der Waals surface area contributed by atoms with Crippen LogP contribution in [-0.2, 0) is 0 Å². The summed E-state index contributed by atoms with van der Waals surface area (Å²) in [5.41, 5.74) is -3.22. The molecule has 0 fully saturated rings. The summed E-state index contributed by atoms with van der Waals surface area (Å²) in [5.74, 6) is 0. The van der Waals surface area contributed by atoms with Crippen molar-refractivity contribution in [2.24, 2.45) is 0 Å². The predicted molar refractivity (Wildman–Crippen MR) is 83.2 cm³/mol. The van der Waals surface area contributed by atoms with Crippen LogP contribution in [0.4, 0.5) is 0 Å². The molecule has 0 radical (unpaired) electrons. The average Bonchev–Trinajstić information content (AvgIpc) is 2.02. The van der Waals surface area contributed by atoms with Gasteiger partial charge >= 0.3 is 0 Å². The molecule has 2 nitrogen and oxygen atoms in total. The molecule has 0 heterocycles. The van der Waals surface area contributed by atoms with Crippen LogP contribution >= 0.6 is 0 Å². The lowest BCUT2D eigenvalue weighted by atomic mass is 9.76. The van der Waals surface area contributed by atoms with E-state index >= 15 is 0 Å². The van der Waals surface area contributed by atoms with Crippen LogP contribution in [0.1, 0.15) is 77.5 Å². The molecular formula is C16H36N2.